The van der Waals surface area contributed by atoms with Crippen LogP contribution in [0.3, 0.4) is 0 Å². The monoisotopic (exact) mass is 183 g/mol. The third kappa shape index (κ3) is 1.84. The van der Waals surface area contributed by atoms with Crippen LogP contribution in [0.1, 0.15) is 25.7 Å². The van der Waals surface area contributed by atoms with Crippen molar-refractivity contribution in [1.29, 1.82) is 0 Å². The van der Waals surface area contributed by atoms with E-state index < -0.39 is 0 Å². The lowest BCUT2D eigenvalue weighted by atomic mass is 9.75. The van der Waals surface area contributed by atoms with Crippen LogP contribution in [-0.4, -0.2) is 24.0 Å². The average molecular weight is 183 g/mol. The normalized spacial score (nSPS) is 43.5. The molecule has 2 fully saturated rings. The maximum Gasteiger partial charge on any atom is 0.219 e. The molecule has 1 aliphatic heterocycles. The first-order chi connectivity index (χ1) is 6.07. The van der Waals surface area contributed by atoms with Crippen molar-refractivity contribution in [2.75, 3.05) is 6.54 Å². The van der Waals surface area contributed by atoms with Gasteiger partial charge in [-0.25, -0.2) is 0 Å². The van der Waals surface area contributed by atoms with Gasteiger partial charge in [-0.2, -0.15) is 0 Å². The van der Waals surface area contributed by atoms with Crippen molar-refractivity contribution < 1.29 is 4.79 Å². The van der Waals surface area contributed by atoms with Crippen LogP contribution in [0.15, 0.2) is 0 Å². The fourth-order valence-corrected chi connectivity index (χ4v) is 2.85. The van der Waals surface area contributed by atoms with E-state index in [1.807, 2.05) is 0 Å². The van der Waals surface area contributed by atoms with Gasteiger partial charge in [0.2, 0.25) is 5.91 Å². The number of fused-ring (bicyclic) bond motifs is 2. The lowest BCUT2D eigenvalue weighted by Crippen LogP contribution is -2.49. The van der Waals surface area contributed by atoms with Crippen molar-refractivity contribution in [1.82, 2.24) is 5.32 Å². The number of primary amides is 1. The third-order valence-electron chi connectivity index (χ3n) is 3.19. The molecular weight excluding hydrogens is 166 g/mol. The molecule has 0 aromatic rings. The smallest absolute Gasteiger partial charge is 0.219 e. The Balaban J connectivity index is 2.03. The molecule has 13 heavy (non-hydrogen) atoms. The fourth-order valence-electron chi connectivity index (χ4n) is 2.85. The van der Waals surface area contributed by atoms with Crippen molar-refractivity contribution >= 4 is 5.91 Å². The van der Waals surface area contributed by atoms with E-state index in [0.29, 0.717) is 18.4 Å². The van der Waals surface area contributed by atoms with E-state index in [-0.39, 0.29) is 11.4 Å². The maximum atomic E-state index is 10.8. The summed E-state index contributed by atoms with van der Waals surface area (Å²) < 4.78 is 0. The van der Waals surface area contributed by atoms with E-state index in [1.54, 1.807) is 0 Å². The predicted octanol–water partition coefficient (Wildman–Crippen LogP) is -0.669. The van der Waals surface area contributed by atoms with Crippen LogP contribution >= 0.6 is 0 Å². The van der Waals surface area contributed by atoms with Gasteiger partial charge in [-0.1, -0.05) is 0 Å². The van der Waals surface area contributed by atoms with E-state index in [1.165, 1.54) is 6.42 Å². The molecular formula is C9H17N3O. The third-order valence-corrected chi connectivity index (χ3v) is 3.19. The second-order valence-electron chi connectivity index (χ2n) is 4.62. The molecule has 0 spiro atoms. The van der Waals surface area contributed by atoms with Crippen LogP contribution in [0.5, 0.6) is 0 Å². The number of rotatable bonds is 2. The highest BCUT2D eigenvalue weighted by Crippen LogP contribution is 2.36. The molecule has 1 saturated carbocycles. The molecule has 5 N–H and O–H groups in total. The Morgan fingerprint density at radius 2 is 2.31 bits per heavy atom. The van der Waals surface area contributed by atoms with Crippen LogP contribution < -0.4 is 16.8 Å². The number of hydrogen-bond donors (Lipinski definition) is 3. The van der Waals surface area contributed by atoms with E-state index in [4.69, 9.17) is 11.5 Å². The van der Waals surface area contributed by atoms with Crippen LogP contribution in [0.25, 0.3) is 0 Å². The van der Waals surface area contributed by atoms with E-state index in [2.05, 4.69) is 5.32 Å². The van der Waals surface area contributed by atoms with Crippen LogP contribution in [0, 0.1) is 5.92 Å². The van der Waals surface area contributed by atoms with Gasteiger partial charge in [0, 0.05) is 18.0 Å². The quantitative estimate of drug-likeness (QED) is 0.531. The minimum Gasteiger partial charge on any atom is -0.370 e. The number of nitrogens with two attached hydrogens (primary N) is 2. The summed E-state index contributed by atoms with van der Waals surface area (Å²) in [6, 6.07) is 0.517. The highest BCUT2D eigenvalue weighted by atomic mass is 16.1. The van der Waals surface area contributed by atoms with Gasteiger partial charge in [0.05, 0.1) is 0 Å². The largest absolute Gasteiger partial charge is 0.370 e. The molecule has 2 aliphatic rings. The molecule has 2 bridgehead atoms. The SMILES string of the molecule is NC(=O)CC1(N)CC2CNC(C2)C1. The Morgan fingerprint density at radius 1 is 1.54 bits per heavy atom. The molecule has 3 unspecified atom stereocenters. The molecule has 1 amide bonds. The molecule has 0 aromatic carbocycles. The molecule has 1 aliphatic carbocycles. The standard InChI is InChI=1S/C9H17N3O/c10-8(13)4-9(11)2-6-1-7(3-9)12-5-6/h6-7,12H,1-5,11H2,(H2,10,13). The molecule has 0 radical (unpaired) electrons. The number of carbonyl (C=O) groups excluding carboxylic acids is 1. The summed E-state index contributed by atoms with van der Waals surface area (Å²) in [5.41, 5.74) is 11.0. The molecule has 0 aromatic heterocycles. The zero-order valence-corrected chi connectivity index (χ0v) is 7.75. The fraction of sp³-hybridized carbons (Fsp3) is 0.889. The van der Waals surface area contributed by atoms with Crippen molar-refractivity contribution in [3.63, 3.8) is 0 Å². The number of nitrogens with one attached hydrogen (secondary N) is 1. The lowest BCUT2D eigenvalue weighted by molar-refractivity contribution is -0.119. The highest BCUT2D eigenvalue weighted by molar-refractivity contribution is 5.75. The van der Waals surface area contributed by atoms with Gasteiger partial charge >= 0.3 is 0 Å². The minimum atomic E-state index is -0.330. The van der Waals surface area contributed by atoms with Gasteiger partial charge in [-0.15, -0.1) is 0 Å². The minimum absolute atomic E-state index is 0.274. The Kier molecular flexibility index (Phi) is 2.04. The predicted molar refractivity (Wildman–Crippen MR) is 49.9 cm³/mol. The molecule has 1 heterocycles. The molecule has 1 saturated heterocycles. The van der Waals surface area contributed by atoms with E-state index in [0.717, 1.165) is 19.4 Å². The van der Waals surface area contributed by atoms with Gasteiger partial charge in [-0.3, -0.25) is 4.79 Å². The Morgan fingerprint density at radius 3 is 2.92 bits per heavy atom. The zero-order chi connectivity index (χ0) is 9.47. The molecule has 4 nitrogen and oxygen atoms in total. The molecule has 3 atom stereocenters. The maximum absolute atomic E-state index is 10.8. The first-order valence-corrected chi connectivity index (χ1v) is 4.88. The highest BCUT2D eigenvalue weighted by Gasteiger charge is 2.41. The molecule has 4 heteroatoms. The summed E-state index contributed by atoms with van der Waals surface area (Å²) >= 11 is 0. The average Bonchev–Trinajstić information content (AvgIpc) is 2.27. The van der Waals surface area contributed by atoms with Gasteiger partial charge in [-0.05, 0) is 31.7 Å². The number of hydrogen-bond acceptors (Lipinski definition) is 3. The topological polar surface area (TPSA) is 81.1 Å². The van der Waals surface area contributed by atoms with Crippen molar-refractivity contribution in [2.45, 2.75) is 37.3 Å². The van der Waals surface area contributed by atoms with E-state index in [9.17, 15) is 4.79 Å². The summed E-state index contributed by atoms with van der Waals surface area (Å²) in [6.07, 6.45) is 3.39. The Labute approximate surface area is 78.0 Å². The van der Waals surface area contributed by atoms with Gasteiger partial charge in [0.1, 0.15) is 0 Å². The summed E-state index contributed by atoms with van der Waals surface area (Å²) in [4.78, 5) is 10.8. The lowest BCUT2D eigenvalue weighted by Gasteiger charge is -2.36. The van der Waals surface area contributed by atoms with Crippen molar-refractivity contribution in [3.8, 4) is 0 Å². The molecule has 74 valence electrons. The van der Waals surface area contributed by atoms with Crippen LogP contribution in [-0.2, 0) is 4.79 Å². The first-order valence-electron chi connectivity index (χ1n) is 4.88. The zero-order valence-electron chi connectivity index (χ0n) is 7.75. The van der Waals surface area contributed by atoms with Crippen molar-refractivity contribution in [3.05, 3.63) is 0 Å². The van der Waals surface area contributed by atoms with Crippen molar-refractivity contribution in [2.24, 2.45) is 17.4 Å². The summed E-state index contributed by atoms with van der Waals surface area (Å²) in [6.45, 7) is 1.06. The van der Waals surface area contributed by atoms with Gasteiger partial charge in [0.25, 0.3) is 0 Å². The second kappa shape index (κ2) is 2.96. The summed E-state index contributed by atoms with van der Waals surface area (Å²) in [7, 11) is 0. The Hall–Kier alpha value is -0.610. The summed E-state index contributed by atoms with van der Waals surface area (Å²) in [5.74, 6) is 0.381. The second-order valence-corrected chi connectivity index (χ2v) is 4.62. The number of carbonyl (C=O) groups is 1. The van der Waals surface area contributed by atoms with E-state index >= 15 is 0 Å². The van der Waals surface area contributed by atoms with Crippen LogP contribution in [0.4, 0.5) is 0 Å². The van der Waals surface area contributed by atoms with Gasteiger partial charge in [0.15, 0.2) is 0 Å². The van der Waals surface area contributed by atoms with Crippen LogP contribution in [0.2, 0.25) is 0 Å². The van der Waals surface area contributed by atoms with Gasteiger partial charge < -0.3 is 16.8 Å². The first kappa shape index (κ1) is 8.97. The molecule has 2 rings (SSSR count). The summed E-state index contributed by atoms with van der Waals surface area (Å²) in [5, 5.41) is 3.41. The Bertz CT molecular complexity index is 217. The number of amides is 1.